The summed E-state index contributed by atoms with van der Waals surface area (Å²) in [5, 5.41) is 3.27. The Hall–Kier alpha value is -2.58. The van der Waals surface area contributed by atoms with E-state index in [2.05, 4.69) is 37.9 Å². The number of carbonyl (C=O) groups excluding carboxylic acids is 2. The minimum Gasteiger partial charge on any atom is -0.489 e. The standard InChI is InChI=1S/C15H14BrNO.C10H15NO3S/c1-17-10-12-4-8-15(9-5-12)18-11-13-2-6-14(16)7-3-13;1-3-4-5-8-11-10(13)7(15-8)6-9(12)14-2/h2-10H,11H2,1H3;5,7H,3-4,6H2,1-2H3,(H,11,13)/b;8-5-. The lowest BCUT2D eigenvalue weighted by Gasteiger charge is -2.06. The number of allylic oxidation sites excluding steroid dienone is 1. The summed E-state index contributed by atoms with van der Waals surface area (Å²) in [5.74, 6) is 0.415. The van der Waals surface area contributed by atoms with Crippen molar-refractivity contribution in [3.05, 3.63) is 75.2 Å². The molecule has 1 heterocycles. The molecule has 1 fully saturated rings. The van der Waals surface area contributed by atoms with Crippen LogP contribution in [0.5, 0.6) is 5.75 Å². The molecule has 1 saturated heterocycles. The predicted molar refractivity (Wildman–Crippen MR) is 138 cm³/mol. The number of amides is 1. The molecule has 1 aliphatic rings. The van der Waals surface area contributed by atoms with E-state index in [4.69, 9.17) is 4.74 Å². The average Bonchev–Trinajstić information content (AvgIpc) is 3.17. The maximum Gasteiger partial charge on any atom is 0.307 e. The highest BCUT2D eigenvalue weighted by Gasteiger charge is 2.30. The lowest BCUT2D eigenvalue weighted by Crippen LogP contribution is -2.24. The van der Waals surface area contributed by atoms with Crippen molar-refractivity contribution in [2.75, 3.05) is 14.2 Å². The molecule has 176 valence electrons. The first-order valence-corrected chi connectivity index (χ1v) is 12.3. The van der Waals surface area contributed by atoms with Crippen molar-refractivity contribution in [3.8, 4) is 5.75 Å². The quantitative estimate of drug-likeness (QED) is 0.358. The van der Waals surface area contributed by atoms with Crippen molar-refractivity contribution in [2.24, 2.45) is 4.99 Å². The summed E-state index contributed by atoms with van der Waals surface area (Å²) in [5.41, 5.74) is 2.23. The fourth-order valence-electron chi connectivity index (χ4n) is 2.73. The third-order valence-corrected chi connectivity index (χ3v) is 6.20. The number of rotatable bonds is 8. The zero-order valence-corrected chi connectivity index (χ0v) is 21.4. The van der Waals surface area contributed by atoms with Gasteiger partial charge >= 0.3 is 5.97 Å². The number of thioether (sulfide) groups is 1. The Bertz CT molecular complexity index is 959. The van der Waals surface area contributed by atoms with Crippen LogP contribution in [0, 0.1) is 0 Å². The smallest absolute Gasteiger partial charge is 0.307 e. The van der Waals surface area contributed by atoms with E-state index in [-0.39, 0.29) is 23.5 Å². The molecule has 6 nitrogen and oxygen atoms in total. The Morgan fingerprint density at radius 2 is 1.88 bits per heavy atom. The minimum absolute atomic E-state index is 0.104. The topological polar surface area (TPSA) is 77.0 Å². The van der Waals surface area contributed by atoms with E-state index in [1.165, 1.54) is 18.9 Å². The molecule has 33 heavy (non-hydrogen) atoms. The second-order valence-electron chi connectivity index (χ2n) is 7.10. The third-order valence-electron chi connectivity index (χ3n) is 4.48. The van der Waals surface area contributed by atoms with Crippen molar-refractivity contribution < 1.29 is 19.1 Å². The molecule has 0 aromatic heterocycles. The van der Waals surface area contributed by atoms with Crippen LogP contribution in [0.2, 0.25) is 0 Å². The Balaban J connectivity index is 0.000000238. The zero-order valence-electron chi connectivity index (χ0n) is 19.0. The van der Waals surface area contributed by atoms with Crippen molar-refractivity contribution >= 4 is 45.8 Å². The van der Waals surface area contributed by atoms with Crippen LogP contribution in [0.4, 0.5) is 0 Å². The number of nitrogens with one attached hydrogen (secondary N) is 1. The number of halogens is 1. The molecule has 1 aliphatic heterocycles. The van der Waals surface area contributed by atoms with Crippen molar-refractivity contribution in [1.82, 2.24) is 5.32 Å². The molecule has 1 unspecified atom stereocenters. The van der Waals surface area contributed by atoms with Crippen molar-refractivity contribution in [2.45, 2.75) is 38.0 Å². The number of hydrogen-bond donors (Lipinski definition) is 1. The summed E-state index contributed by atoms with van der Waals surface area (Å²) in [7, 11) is 3.09. The first-order valence-electron chi connectivity index (χ1n) is 10.6. The molecule has 1 N–H and O–H groups in total. The number of unbranched alkanes of at least 4 members (excludes halogenated alkanes) is 1. The van der Waals surface area contributed by atoms with Crippen LogP contribution in [0.25, 0.3) is 0 Å². The van der Waals surface area contributed by atoms with Gasteiger partial charge in [0.1, 0.15) is 17.6 Å². The molecule has 1 atom stereocenters. The lowest BCUT2D eigenvalue weighted by molar-refractivity contribution is -0.141. The summed E-state index contributed by atoms with van der Waals surface area (Å²) in [6.45, 7) is 2.65. The van der Waals surface area contributed by atoms with Gasteiger partial charge in [0.15, 0.2) is 0 Å². The minimum atomic E-state index is -0.348. The number of ether oxygens (including phenoxy) is 2. The molecule has 8 heteroatoms. The first kappa shape index (κ1) is 26.7. The van der Waals surface area contributed by atoms with Crippen molar-refractivity contribution in [3.63, 3.8) is 0 Å². The van der Waals surface area contributed by atoms with E-state index in [1.54, 1.807) is 7.05 Å². The Morgan fingerprint density at radius 3 is 2.48 bits per heavy atom. The molecule has 2 aromatic rings. The molecule has 0 aliphatic carbocycles. The van der Waals surface area contributed by atoms with Gasteiger partial charge < -0.3 is 14.8 Å². The van der Waals surface area contributed by atoms with Gasteiger partial charge in [-0.3, -0.25) is 14.6 Å². The molecule has 0 bridgehead atoms. The molecule has 0 radical (unpaired) electrons. The molecule has 0 spiro atoms. The summed E-state index contributed by atoms with van der Waals surface area (Å²) in [6, 6.07) is 16.0. The molecular formula is C25H29BrN2O4S. The van der Waals surface area contributed by atoms with Crippen molar-refractivity contribution in [1.29, 1.82) is 0 Å². The second kappa shape index (κ2) is 14.5. The summed E-state index contributed by atoms with van der Waals surface area (Å²) in [6.07, 6.45) is 5.92. The van der Waals surface area contributed by atoms with Gasteiger partial charge in [-0.2, -0.15) is 0 Å². The van der Waals surface area contributed by atoms with Gasteiger partial charge in [0.05, 0.1) is 18.6 Å². The van der Waals surface area contributed by atoms with Crippen LogP contribution < -0.4 is 10.1 Å². The Kier molecular flexibility index (Phi) is 11.8. The van der Waals surface area contributed by atoms with E-state index in [0.29, 0.717) is 6.61 Å². The van der Waals surface area contributed by atoms with E-state index in [0.717, 1.165) is 39.2 Å². The monoisotopic (exact) mass is 532 g/mol. The van der Waals surface area contributed by atoms with Gasteiger partial charge in [-0.25, -0.2) is 0 Å². The van der Waals surface area contributed by atoms with Gasteiger partial charge in [0.2, 0.25) is 5.91 Å². The first-order chi connectivity index (χ1) is 15.9. The number of esters is 1. The van der Waals surface area contributed by atoms with Crippen LogP contribution >= 0.6 is 27.7 Å². The lowest BCUT2D eigenvalue weighted by atomic mass is 10.2. The fraction of sp³-hybridized carbons (Fsp3) is 0.320. The highest BCUT2D eigenvalue weighted by atomic mass is 79.9. The van der Waals surface area contributed by atoms with Gasteiger partial charge in [-0.15, -0.1) is 0 Å². The number of benzene rings is 2. The van der Waals surface area contributed by atoms with E-state index < -0.39 is 0 Å². The Labute approximate surface area is 208 Å². The number of hydrogen-bond acceptors (Lipinski definition) is 6. The van der Waals surface area contributed by atoms with Gasteiger partial charge in [0.25, 0.3) is 0 Å². The van der Waals surface area contributed by atoms with Crippen LogP contribution in [0.1, 0.15) is 37.3 Å². The largest absolute Gasteiger partial charge is 0.489 e. The number of nitrogens with zero attached hydrogens (tertiary/aromatic N) is 1. The third kappa shape index (κ3) is 9.84. The SMILES string of the molecule is CCC/C=C1/NC(=O)C(CC(=O)OC)S1.CN=Cc1ccc(OCc2ccc(Br)cc2)cc1. The Morgan fingerprint density at radius 1 is 1.18 bits per heavy atom. The average molecular weight is 533 g/mol. The molecule has 3 rings (SSSR count). The molecule has 1 amide bonds. The molecule has 0 saturated carbocycles. The highest BCUT2D eigenvalue weighted by Crippen LogP contribution is 2.29. The zero-order chi connectivity index (χ0) is 24.1. The number of carbonyl (C=O) groups is 2. The van der Waals surface area contributed by atoms with Gasteiger partial charge in [-0.05, 0) is 53.9 Å². The predicted octanol–water partition coefficient (Wildman–Crippen LogP) is 5.50. The number of aliphatic imine (C=N–C) groups is 1. The second-order valence-corrected chi connectivity index (χ2v) is 9.26. The van der Waals surface area contributed by atoms with Crippen LogP contribution in [0.3, 0.4) is 0 Å². The van der Waals surface area contributed by atoms with E-state index in [9.17, 15) is 9.59 Å². The maximum absolute atomic E-state index is 11.4. The number of methoxy groups -OCH3 is 1. The van der Waals surface area contributed by atoms with Gasteiger partial charge in [0, 0.05) is 17.7 Å². The van der Waals surface area contributed by atoms with Gasteiger partial charge in [-0.1, -0.05) is 59.2 Å². The summed E-state index contributed by atoms with van der Waals surface area (Å²) in [4.78, 5) is 26.4. The molecule has 2 aromatic carbocycles. The van der Waals surface area contributed by atoms with Crippen LogP contribution in [0.15, 0.2) is 69.1 Å². The van der Waals surface area contributed by atoms with E-state index in [1.807, 2.05) is 60.8 Å². The van der Waals surface area contributed by atoms with E-state index >= 15 is 0 Å². The fourth-order valence-corrected chi connectivity index (χ4v) is 4.06. The summed E-state index contributed by atoms with van der Waals surface area (Å²) >= 11 is 4.81. The van der Waals surface area contributed by atoms with Crippen LogP contribution in [-0.4, -0.2) is 37.5 Å². The summed E-state index contributed by atoms with van der Waals surface area (Å²) < 4.78 is 11.3. The van der Waals surface area contributed by atoms with Crippen LogP contribution in [-0.2, 0) is 20.9 Å². The highest BCUT2D eigenvalue weighted by molar-refractivity contribution is 9.10. The molecular weight excluding hydrogens is 504 g/mol. The maximum atomic E-state index is 11.4. The normalized spacial score (nSPS) is 16.3.